The summed E-state index contributed by atoms with van der Waals surface area (Å²) in [5.74, 6) is -0.0827. The highest BCUT2D eigenvalue weighted by Gasteiger charge is 2.08. The van der Waals surface area contributed by atoms with Crippen molar-refractivity contribution in [3.05, 3.63) is 59.7 Å². The lowest BCUT2D eigenvalue weighted by Crippen LogP contribution is -2.22. The van der Waals surface area contributed by atoms with Gasteiger partial charge in [-0.15, -0.1) is 0 Å². The maximum absolute atomic E-state index is 12.3. The third kappa shape index (κ3) is 6.93. The topological polar surface area (TPSA) is 84.5 Å². The monoisotopic (exact) mass is 368 g/mol. The van der Waals surface area contributed by atoms with Crippen LogP contribution >= 0.6 is 0 Å². The zero-order valence-corrected chi connectivity index (χ0v) is 15.7. The van der Waals surface area contributed by atoms with Crippen molar-refractivity contribution < 1.29 is 19.1 Å². The highest BCUT2D eigenvalue weighted by Crippen LogP contribution is 2.14. The average Bonchev–Trinajstić information content (AvgIpc) is 2.59. The van der Waals surface area contributed by atoms with E-state index in [0.29, 0.717) is 30.2 Å². The largest absolute Gasteiger partial charge is 0.427 e. The molecule has 0 spiro atoms. The number of esters is 1. The van der Waals surface area contributed by atoms with Gasteiger partial charge in [-0.05, 0) is 41.8 Å². The third-order valence-electron chi connectivity index (χ3n) is 3.64. The Morgan fingerprint density at radius 1 is 1.04 bits per heavy atom. The van der Waals surface area contributed by atoms with E-state index in [0.717, 1.165) is 11.3 Å². The van der Waals surface area contributed by atoms with Crippen LogP contribution in [0.5, 0.6) is 5.75 Å². The first-order chi connectivity index (χ1) is 12.8. The van der Waals surface area contributed by atoms with Crippen LogP contribution in [0.15, 0.2) is 48.5 Å². The quantitative estimate of drug-likeness (QED) is 0.578. The first kappa shape index (κ1) is 20.2. The minimum Gasteiger partial charge on any atom is -0.427 e. The fraction of sp³-hybridized carbons (Fsp3) is 0.286. The Kier molecular flexibility index (Phi) is 7.11. The molecule has 0 fully saturated rings. The predicted octanol–water partition coefficient (Wildman–Crippen LogP) is 3.53. The second kappa shape index (κ2) is 9.52. The molecule has 0 bridgehead atoms. The standard InChI is InChI=1S/C21H24N2O4/c1-14(2)11-20(25)23-18-9-7-16(8-10-18)13-22-21(26)17-5-4-6-19(12-17)27-15(3)24/h4-10,12,14H,11,13H2,1-3H3,(H,22,26)(H,23,25). The van der Waals surface area contributed by atoms with Gasteiger partial charge in [0.2, 0.25) is 5.91 Å². The number of benzene rings is 2. The number of rotatable bonds is 7. The van der Waals surface area contributed by atoms with Crippen LogP contribution in [-0.2, 0) is 16.1 Å². The van der Waals surface area contributed by atoms with E-state index in [1.165, 1.54) is 13.0 Å². The molecule has 0 aliphatic rings. The molecule has 142 valence electrons. The second-order valence-corrected chi connectivity index (χ2v) is 6.65. The summed E-state index contributed by atoms with van der Waals surface area (Å²) in [4.78, 5) is 35.0. The van der Waals surface area contributed by atoms with Gasteiger partial charge in [0, 0.05) is 31.1 Å². The van der Waals surface area contributed by atoms with E-state index in [-0.39, 0.29) is 11.8 Å². The number of anilines is 1. The lowest BCUT2D eigenvalue weighted by Gasteiger charge is -2.09. The SMILES string of the molecule is CC(=O)Oc1cccc(C(=O)NCc2ccc(NC(=O)CC(C)C)cc2)c1. The number of carbonyl (C=O) groups excluding carboxylic acids is 3. The average molecular weight is 368 g/mol. The third-order valence-corrected chi connectivity index (χ3v) is 3.64. The summed E-state index contributed by atoms with van der Waals surface area (Å²) in [5.41, 5.74) is 2.04. The number of amides is 2. The summed E-state index contributed by atoms with van der Waals surface area (Å²) in [7, 11) is 0. The highest BCUT2D eigenvalue weighted by molar-refractivity contribution is 5.94. The van der Waals surface area contributed by atoms with E-state index in [4.69, 9.17) is 4.74 Å². The van der Waals surface area contributed by atoms with Crippen molar-refractivity contribution in [1.29, 1.82) is 0 Å². The van der Waals surface area contributed by atoms with Gasteiger partial charge in [0.1, 0.15) is 5.75 Å². The lowest BCUT2D eigenvalue weighted by molar-refractivity contribution is -0.131. The minimum absolute atomic E-state index is 0.0151. The van der Waals surface area contributed by atoms with Crippen molar-refractivity contribution in [3.8, 4) is 5.75 Å². The molecule has 2 amide bonds. The van der Waals surface area contributed by atoms with E-state index in [1.54, 1.807) is 30.3 Å². The van der Waals surface area contributed by atoms with Gasteiger partial charge in [0.15, 0.2) is 0 Å². The van der Waals surface area contributed by atoms with E-state index in [9.17, 15) is 14.4 Å². The second-order valence-electron chi connectivity index (χ2n) is 6.65. The van der Waals surface area contributed by atoms with Crippen molar-refractivity contribution in [2.45, 2.75) is 33.7 Å². The van der Waals surface area contributed by atoms with Crippen molar-refractivity contribution >= 4 is 23.5 Å². The van der Waals surface area contributed by atoms with E-state index < -0.39 is 5.97 Å². The molecule has 2 rings (SSSR count). The van der Waals surface area contributed by atoms with E-state index >= 15 is 0 Å². The molecule has 6 nitrogen and oxygen atoms in total. The van der Waals surface area contributed by atoms with Crippen molar-refractivity contribution in [3.63, 3.8) is 0 Å². The fourth-order valence-electron chi connectivity index (χ4n) is 2.44. The summed E-state index contributed by atoms with van der Waals surface area (Å²) >= 11 is 0. The van der Waals surface area contributed by atoms with Crippen LogP contribution in [-0.4, -0.2) is 17.8 Å². The number of carbonyl (C=O) groups is 3. The molecule has 0 aromatic heterocycles. The summed E-state index contributed by atoms with van der Waals surface area (Å²) in [6.07, 6.45) is 0.476. The molecule has 0 atom stereocenters. The number of nitrogens with one attached hydrogen (secondary N) is 2. The Hall–Kier alpha value is -3.15. The molecule has 27 heavy (non-hydrogen) atoms. The smallest absolute Gasteiger partial charge is 0.308 e. The van der Waals surface area contributed by atoms with Crippen molar-refractivity contribution in [1.82, 2.24) is 5.32 Å². The Morgan fingerprint density at radius 3 is 2.37 bits per heavy atom. The fourth-order valence-corrected chi connectivity index (χ4v) is 2.44. The van der Waals surface area contributed by atoms with Crippen LogP contribution in [0, 0.1) is 5.92 Å². The molecule has 0 aliphatic heterocycles. The molecule has 2 aromatic carbocycles. The van der Waals surface area contributed by atoms with Crippen molar-refractivity contribution in [2.24, 2.45) is 5.92 Å². The summed E-state index contributed by atoms with van der Waals surface area (Å²) in [6.45, 7) is 5.64. The number of ether oxygens (including phenoxy) is 1. The van der Waals surface area contributed by atoms with Gasteiger partial charge in [0.05, 0.1) is 0 Å². The molecular weight excluding hydrogens is 344 g/mol. The number of hydrogen-bond donors (Lipinski definition) is 2. The van der Waals surface area contributed by atoms with Crippen LogP contribution < -0.4 is 15.4 Å². The summed E-state index contributed by atoms with van der Waals surface area (Å²) < 4.78 is 4.98. The molecular formula is C21H24N2O4. The van der Waals surface area contributed by atoms with Gasteiger partial charge < -0.3 is 15.4 Å². The lowest BCUT2D eigenvalue weighted by atomic mass is 10.1. The Morgan fingerprint density at radius 2 is 1.74 bits per heavy atom. The van der Waals surface area contributed by atoms with E-state index in [2.05, 4.69) is 10.6 Å². The molecule has 2 aromatic rings. The molecule has 0 heterocycles. The molecule has 0 aliphatic carbocycles. The Labute approximate surface area is 158 Å². The minimum atomic E-state index is -0.437. The van der Waals surface area contributed by atoms with Crippen LogP contribution in [0.25, 0.3) is 0 Å². The van der Waals surface area contributed by atoms with Crippen LogP contribution in [0.1, 0.15) is 43.1 Å². The zero-order valence-electron chi connectivity index (χ0n) is 15.7. The molecule has 0 unspecified atom stereocenters. The molecule has 6 heteroatoms. The number of hydrogen-bond acceptors (Lipinski definition) is 4. The van der Waals surface area contributed by atoms with Gasteiger partial charge in [-0.25, -0.2) is 0 Å². The maximum atomic E-state index is 12.3. The summed E-state index contributed by atoms with van der Waals surface area (Å²) in [5, 5.41) is 5.66. The Bertz CT molecular complexity index is 813. The van der Waals surface area contributed by atoms with Crippen molar-refractivity contribution in [2.75, 3.05) is 5.32 Å². The first-order valence-corrected chi connectivity index (χ1v) is 8.79. The predicted molar refractivity (Wildman–Crippen MR) is 103 cm³/mol. The van der Waals surface area contributed by atoms with Gasteiger partial charge in [0.25, 0.3) is 5.91 Å². The molecule has 0 saturated heterocycles. The van der Waals surface area contributed by atoms with Crippen LogP contribution in [0.4, 0.5) is 5.69 Å². The van der Waals surface area contributed by atoms with Crippen LogP contribution in [0.2, 0.25) is 0 Å². The summed E-state index contributed by atoms with van der Waals surface area (Å²) in [6, 6.07) is 13.7. The molecule has 0 radical (unpaired) electrons. The Balaban J connectivity index is 1.90. The van der Waals surface area contributed by atoms with Gasteiger partial charge in [-0.1, -0.05) is 32.0 Å². The first-order valence-electron chi connectivity index (χ1n) is 8.79. The molecule has 2 N–H and O–H groups in total. The van der Waals surface area contributed by atoms with Gasteiger partial charge in [-0.2, -0.15) is 0 Å². The maximum Gasteiger partial charge on any atom is 0.308 e. The van der Waals surface area contributed by atoms with Crippen LogP contribution in [0.3, 0.4) is 0 Å². The van der Waals surface area contributed by atoms with Gasteiger partial charge in [-0.3, -0.25) is 14.4 Å². The highest BCUT2D eigenvalue weighted by atomic mass is 16.5. The molecule has 0 saturated carbocycles. The van der Waals surface area contributed by atoms with E-state index in [1.807, 2.05) is 26.0 Å². The normalized spacial score (nSPS) is 10.4. The zero-order chi connectivity index (χ0) is 19.8. The van der Waals surface area contributed by atoms with Gasteiger partial charge >= 0.3 is 5.97 Å².